The van der Waals surface area contributed by atoms with E-state index in [2.05, 4.69) is 10.1 Å². The lowest BCUT2D eigenvalue weighted by Gasteiger charge is -2.11. The van der Waals surface area contributed by atoms with Gasteiger partial charge in [0.1, 0.15) is 17.5 Å². The van der Waals surface area contributed by atoms with Crippen molar-refractivity contribution in [2.24, 2.45) is 5.73 Å². The van der Waals surface area contributed by atoms with Crippen LogP contribution in [0.25, 0.3) is 11.6 Å². The Labute approximate surface area is 190 Å². The molecule has 1 atom stereocenters. The second-order valence-electron chi connectivity index (χ2n) is 7.33. The minimum atomic E-state index is -0.711. The van der Waals surface area contributed by atoms with E-state index in [0.29, 0.717) is 28.5 Å². The fourth-order valence-electron chi connectivity index (χ4n) is 3.45. The molecule has 0 aromatic heterocycles. The Morgan fingerprint density at radius 1 is 1.12 bits per heavy atom. The van der Waals surface area contributed by atoms with Crippen LogP contribution in [0.1, 0.15) is 16.7 Å². The number of hydrogen-bond donors (Lipinski definition) is 2. The Morgan fingerprint density at radius 2 is 1.88 bits per heavy atom. The summed E-state index contributed by atoms with van der Waals surface area (Å²) in [6.45, 7) is 0. The Kier molecular flexibility index (Phi) is 6.25. The Balaban J connectivity index is 1.48. The maximum absolute atomic E-state index is 12.3. The Morgan fingerprint density at radius 3 is 2.59 bits per heavy atom. The van der Waals surface area contributed by atoms with E-state index in [-0.39, 0.29) is 5.91 Å². The molecule has 6 nitrogen and oxygen atoms in total. The molecule has 0 radical (unpaired) electrons. The van der Waals surface area contributed by atoms with Crippen LogP contribution in [0.2, 0.25) is 5.02 Å². The van der Waals surface area contributed by atoms with Crippen molar-refractivity contribution in [3.8, 4) is 11.5 Å². The molecule has 0 spiro atoms. The second kappa shape index (κ2) is 9.26. The summed E-state index contributed by atoms with van der Waals surface area (Å²) in [7, 11) is 1.31. The number of ether oxygens (including phenoxy) is 2. The molecule has 0 fully saturated rings. The van der Waals surface area contributed by atoms with Crippen LogP contribution in [0.4, 0.5) is 5.69 Å². The first-order chi connectivity index (χ1) is 15.4. The molecule has 3 N–H and O–H groups in total. The Bertz CT molecular complexity index is 1200. The summed E-state index contributed by atoms with van der Waals surface area (Å²) in [5.41, 5.74) is 9.72. The van der Waals surface area contributed by atoms with Crippen molar-refractivity contribution >= 4 is 40.8 Å². The van der Waals surface area contributed by atoms with E-state index in [1.54, 1.807) is 30.3 Å². The van der Waals surface area contributed by atoms with E-state index in [9.17, 15) is 9.59 Å². The monoisotopic (exact) mass is 448 g/mol. The van der Waals surface area contributed by atoms with Crippen LogP contribution in [0.5, 0.6) is 11.5 Å². The van der Waals surface area contributed by atoms with Crippen molar-refractivity contribution in [1.29, 1.82) is 0 Å². The van der Waals surface area contributed by atoms with E-state index in [1.165, 1.54) is 7.11 Å². The van der Waals surface area contributed by atoms with Gasteiger partial charge in [-0.3, -0.25) is 9.59 Å². The largest absolute Gasteiger partial charge is 0.468 e. The number of para-hydroxylation sites is 1. The van der Waals surface area contributed by atoms with Gasteiger partial charge in [0.05, 0.1) is 12.1 Å². The van der Waals surface area contributed by atoms with Crippen LogP contribution in [0.3, 0.4) is 0 Å². The fourth-order valence-corrected chi connectivity index (χ4v) is 3.68. The molecule has 0 aliphatic carbocycles. The molecular formula is C25H21ClN2O4. The highest BCUT2D eigenvalue weighted by Gasteiger charge is 2.23. The van der Waals surface area contributed by atoms with E-state index in [1.807, 2.05) is 42.5 Å². The van der Waals surface area contributed by atoms with E-state index in [0.717, 1.165) is 22.4 Å². The summed E-state index contributed by atoms with van der Waals surface area (Å²) in [5, 5.41) is 3.27. The van der Waals surface area contributed by atoms with Crippen molar-refractivity contribution < 1.29 is 19.1 Å². The predicted octanol–water partition coefficient (Wildman–Crippen LogP) is 4.67. The third-order valence-corrected chi connectivity index (χ3v) is 5.38. The van der Waals surface area contributed by atoms with E-state index < -0.39 is 12.0 Å². The number of carbonyl (C=O) groups excluding carboxylic acids is 2. The number of methoxy groups -OCH3 is 1. The van der Waals surface area contributed by atoms with Gasteiger partial charge in [-0.25, -0.2) is 0 Å². The van der Waals surface area contributed by atoms with Crippen molar-refractivity contribution in [3.63, 3.8) is 0 Å². The van der Waals surface area contributed by atoms with Crippen LogP contribution in [-0.4, -0.2) is 25.0 Å². The molecule has 32 heavy (non-hydrogen) atoms. The highest BCUT2D eigenvalue weighted by molar-refractivity contribution is 6.35. The molecular weight excluding hydrogens is 428 g/mol. The fraction of sp³-hybridized carbons (Fsp3) is 0.120. The number of benzene rings is 3. The molecule has 1 aliphatic heterocycles. The molecule has 0 unspecified atom stereocenters. The normalized spacial score (nSPS) is 14.6. The van der Waals surface area contributed by atoms with E-state index >= 15 is 0 Å². The number of carbonyl (C=O) groups is 2. The highest BCUT2D eigenvalue weighted by Crippen LogP contribution is 2.35. The third kappa shape index (κ3) is 4.66. The lowest BCUT2D eigenvalue weighted by atomic mass is 10.0. The van der Waals surface area contributed by atoms with Crippen molar-refractivity contribution in [2.75, 3.05) is 12.4 Å². The highest BCUT2D eigenvalue weighted by atomic mass is 35.5. The molecule has 1 amide bonds. The number of esters is 1. The average molecular weight is 449 g/mol. The van der Waals surface area contributed by atoms with Crippen molar-refractivity contribution in [2.45, 2.75) is 12.5 Å². The SMILES string of the molecule is COC(=O)[C@H](N)Cc1ccc(Oc2ccc(C=C3C(=O)Nc4ccccc43)cc2Cl)cc1. The third-order valence-electron chi connectivity index (χ3n) is 5.09. The number of nitrogens with one attached hydrogen (secondary N) is 1. The molecule has 1 aliphatic rings. The van der Waals surface area contributed by atoms with Gasteiger partial charge >= 0.3 is 5.97 Å². The van der Waals surface area contributed by atoms with Crippen LogP contribution in [0.15, 0.2) is 66.7 Å². The van der Waals surface area contributed by atoms with Gasteiger partial charge in [0.15, 0.2) is 0 Å². The minimum Gasteiger partial charge on any atom is -0.468 e. The zero-order chi connectivity index (χ0) is 22.7. The van der Waals surface area contributed by atoms with Gasteiger partial charge in [-0.15, -0.1) is 0 Å². The summed E-state index contributed by atoms with van der Waals surface area (Å²) < 4.78 is 10.5. The standard InChI is InChI=1S/C25H21ClN2O4/c1-31-25(30)21(27)14-15-6-9-17(10-7-15)32-23-11-8-16(13-20(23)26)12-19-18-4-2-3-5-22(18)28-24(19)29/h2-13,21H,14,27H2,1H3,(H,28,29)/t21-/m1/s1. The zero-order valence-electron chi connectivity index (χ0n) is 17.3. The lowest BCUT2D eigenvalue weighted by molar-refractivity contribution is -0.142. The first-order valence-corrected chi connectivity index (χ1v) is 10.3. The number of rotatable bonds is 6. The molecule has 4 rings (SSSR count). The van der Waals surface area contributed by atoms with Crippen LogP contribution < -0.4 is 15.8 Å². The summed E-state index contributed by atoms with van der Waals surface area (Å²) >= 11 is 6.43. The zero-order valence-corrected chi connectivity index (χ0v) is 18.1. The quantitative estimate of drug-likeness (QED) is 0.422. The number of amides is 1. The topological polar surface area (TPSA) is 90.7 Å². The van der Waals surface area contributed by atoms with Gasteiger partial charge in [-0.2, -0.15) is 0 Å². The number of halogens is 1. The number of nitrogens with two attached hydrogens (primary N) is 1. The number of anilines is 1. The maximum Gasteiger partial charge on any atom is 0.322 e. The molecule has 7 heteroatoms. The number of fused-ring (bicyclic) bond motifs is 1. The predicted molar refractivity (Wildman–Crippen MR) is 125 cm³/mol. The molecule has 0 bridgehead atoms. The first kappa shape index (κ1) is 21.6. The van der Waals surface area contributed by atoms with Crippen molar-refractivity contribution in [3.05, 3.63) is 88.4 Å². The molecule has 1 heterocycles. The second-order valence-corrected chi connectivity index (χ2v) is 7.73. The molecule has 3 aromatic rings. The number of hydrogen-bond acceptors (Lipinski definition) is 5. The maximum atomic E-state index is 12.3. The molecule has 0 saturated heterocycles. The summed E-state index contributed by atoms with van der Waals surface area (Å²) in [6, 6.07) is 19.4. The smallest absolute Gasteiger partial charge is 0.322 e. The van der Waals surface area contributed by atoms with Gasteiger partial charge in [-0.1, -0.05) is 48.0 Å². The van der Waals surface area contributed by atoms with Gasteiger partial charge in [0, 0.05) is 16.8 Å². The minimum absolute atomic E-state index is 0.144. The molecule has 162 valence electrons. The molecule has 0 saturated carbocycles. The lowest BCUT2D eigenvalue weighted by Crippen LogP contribution is -2.33. The summed E-state index contributed by atoms with van der Waals surface area (Å²) in [5.74, 6) is 0.488. The van der Waals surface area contributed by atoms with Crippen LogP contribution in [0, 0.1) is 0 Å². The van der Waals surface area contributed by atoms with Gasteiger partial charge in [0.2, 0.25) is 0 Å². The summed E-state index contributed by atoms with van der Waals surface area (Å²) in [6.07, 6.45) is 2.17. The van der Waals surface area contributed by atoms with E-state index in [4.69, 9.17) is 22.1 Å². The van der Waals surface area contributed by atoms with Crippen LogP contribution >= 0.6 is 11.6 Å². The molecule has 3 aromatic carbocycles. The first-order valence-electron chi connectivity index (χ1n) is 9.97. The van der Waals surface area contributed by atoms with Gasteiger partial charge in [-0.05, 0) is 54.0 Å². The van der Waals surface area contributed by atoms with Crippen molar-refractivity contribution in [1.82, 2.24) is 0 Å². The van der Waals surface area contributed by atoms with Crippen LogP contribution in [-0.2, 0) is 20.7 Å². The van der Waals surface area contributed by atoms with Gasteiger partial charge < -0.3 is 20.5 Å². The Hall–Kier alpha value is -3.61. The summed E-state index contributed by atoms with van der Waals surface area (Å²) in [4.78, 5) is 23.8. The average Bonchev–Trinajstić information content (AvgIpc) is 3.11. The van der Waals surface area contributed by atoms with Gasteiger partial charge in [0.25, 0.3) is 5.91 Å².